The molecule has 21 heavy (non-hydrogen) atoms. The van der Waals surface area contributed by atoms with Crippen LogP contribution in [0.15, 0.2) is 42.5 Å². The second-order valence-electron chi connectivity index (χ2n) is 4.74. The van der Waals surface area contributed by atoms with E-state index in [1.807, 2.05) is 12.1 Å². The topological polar surface area (TPSA) is 62.1 Å². The number of halogens is 1. The van der Waals surface area contributed by atoms with Gasteiger partial charge in [-0.1, -0.05) is 11.6 Å². The van der Waals surface area contributed by atoms with Crippen LogP contribution in [0.2, 0.25) is 5.02 Å². The third kappa shape index (κ3) is 2.83. The Kier molecular flexibility index (Phi) is 3.51. The zero-order chi connectivity index (χ0) is 14.8. The van der Waals surface area contributed by atoms with E-state index in [9.17, 15) is 4.79 Å². The van der Waals surface area contributed by atoms with E-state index in [2.05, 4.69) is 5.32 Å². The van der Waals surface area contributed by atoms with Crippen molar-refractivity contribution in [1.82, 2.24) is 0 Å². The molecular formula is C16H11ClN2O2. The monoisotopic (exact) mass is 298 g/mol. The highest BCUT2D eigenvalue weighted by atomic mass is 35.5. The van der Waals surface area contributed by atoms with Gasteiger partial charge in [-0.05, 0) is 48.0 Å². The lowest BCUT2D eigenvalue weighted by atomic mass is 10.1. The SMILES string of the molecule is N#Cc1ccc(NC(=O)[C@H]2Cc3cc(Cl)ccc3O2)cc1. The zero-order valence-electron chi connectivity index (χ0n) is 11.0. The number of nitrogens with one attached hydrogen (secondary N) is 1. The number of amides is 1. The van der Waals surface area contributed by atoms with Gasteiger partial charge in [0.25, 0.3) is 5.91 Å². The summed E-state index contributed by atoms with van der Waals surface area (Å²) in [4.78, 5) is 12.2. The van der Waals surface area contributed by atoms with Crippen molar-refractivity contribution in [2.75, 3.05) is 5.32 Å². The Morgan fingerprint density at radius 1 is 1.29 bits per heavy atom. The van der Waals surface area contributed by atoms with Gasteiger partial charge in [0.15, 0.2) is 6.10 Å². The zero-order valence-corrected chi connectivity index (χ0v) is 11.7. The van der Waals surface area contributed by atoms with Crippen molar-refractivity contribution in [2.24, 2.45) is 0 Å². The lowest BCUT2D eigenvalue weighted by Crippen LogP contribution is -2.31. The number of benzene rings is 2. The van der Waals surface area contributed by atoms with E-state index in [1.165, 1.54) is 0 Å². The molecule has 1 aliphatic heterocycles. The summed E-state index contributed by atoms with van der Waals surface area (Å²) in [6.07, 6.45) is -0.0630. The van der Waals surface area contributed by atoms with Crippen LogP contribution in [0.3, 0.4) is 0 Å². The molecule has 0 aliphatic carbocycles. The summed E-state index contributed by atoms with van der Waals surface area (Å²) < 4.78 is 5.62. The van der Waals surface area contributed by atoms with Crippen LogP contribution in [0.25, 0.3) is 0 Å². The fourth-order valence-electron chi connectivity index (χ4n) is 2.21. The van der Waals surface area contributed by atoms with Crippen LogP contribution in [0.5, 0.6) is 5.75 Å². The smallest absolute Gasteiger partial charge is 0.265 e. The van der Waals surface area contributed by atoms with E-state index in [-0.39, 0.29) is 5.91 Å². The summed E-state index contributed by atoms with van der Waals surface area (Å²) in [6.45, 7) is 0. The predicted octanol–water partition coefficient (Wildman–Crippen LogP) is 3.15. The van der Waals surface area contributed by atoms with Gasteiger partial charge in [0, 0.05) is 17.1 Å². The van der Waals surface area contributed by atoms with Crippen LogP contribution in [0.4, 0.5) is 5.69 Å². The molecule has 2 aromatic carbocycles. The van der Waals surface area contributed by atoms with Crippen molar-refractivity contribution in [3.63, 3.8) is 0 Å². The predicted molar refractivity (Wildman–Crippen MR) is 79.4 cm³/mol. The van der Waals surface area contributed by atoms with E-state index in [1.54, 1.807) is 36.4 Å². The molecule has 5 heteroatoms. The minimum atomic E-state index is -0.561. The summed E-state index contributed by atoms with van der Waals surface area (Å²) in [7, 11) is 0. The van der Waals surface area contributed by atoms with Gasteiger partial charge in [-0.25, -0.2) is 0 Å². The molecule has 1 atom stereocenters. The fourth-order valence-corrected chi connectivity index (χ4v) is 2.41. The fraction of sp³-hybridized carbons (Fsp3) is 0.125. The highest BCUT2D eigenvalue weighted by Gasteiger charge is 2.29. The standard InChI is InChI=1S/C16H11ClN2O2/c17-12-3-6-14-11(7-12)8-15(21-14)16(20)19-13-4-1-10(9-18)2-5-13/h1-7,15H,8H2,(H,19,20)/t15-/m1/s1. The minimum absolute atomic E-state index is 0.216. The van der Waals surface area contributed by atoms with Gasteiger partial charge in [0.05, 0.1) is 11.6 Å². The molecule has 3 rings (SSSR count). The number of fused-ring (bicyclic) bond motifs is 1. The molecule has 0 spiro atoms. The van der Waals surface area contributed by atoms with E-state index >= 15 is 0 Å². The van der Waals surface area contributed by atoms with Crippen molar-refractivity contribution in [3.8, 4) is 11.8 Å². The maximum Gasteiger partial charge on any atom is 0.265 e. The highest BCUT2D eigenvalue weighted by Crippen LogP contribution is 2.31. The molecule has 2 aromatic rings. The molecule has 0 saturated carbocycles. The Bertz CT molecular complexity index is 735. The lowest BCUT2D eigenvalue weighted by Gasteiger charge is -2.11. The number of anilines is 1. The Balaban J connectivity index is 1.68. The maximum atomic E-state index is 12.2. The van der Waals surface area contributed by atoms with Crippen molar-refractivity contribution in [2.45, 2.75) is 12.5 Å². The number of hydrogen-bond donors (Lipinski definition) is 1. The Morgan fingerprint density at radius 3 is 2.76 bits per heavy atom. The van der Waals surface area contributed by atoms with E-state index in [4.69, 9.17) is 21.6 Å². The number of nitriles is 1. The molecule has 4 nitrogen and oxygen atoms in total. The average Bonchev–Trinajstić information content (AvgIpc) is 2.91. The van der Waals surface area contributed by atoms with E-state index in [0.29, 0.717) is 28.4 Å². The molecule has 0 fully saturated rings. The number of hydrogen-bond acceptors (Lipinski definition) is 3. The first-order chi connectivity index (χ1) is 10.2. The lowest BCUT2D eigenvalue weighted by molar-refractivity contribution is -0.122. The van der Waals surface area contributed by atoms with Gasteiger partial charge in [-0.2, -0.15) is 5.26 Å². The van der Waals surface area contributed by atoms with E-state index < -0.39 is 6.10 Å². The number of ether oxygens (including phenoxy) is 1. The molecule has 0 radical (unpaired) electrons. The third-order valence-corrected chi connectivity index (χ3v) is 3.51. The highest BCUT2D eigenvalue weighted by molar-refractivity contribution is 6.30. The first-order valence-corrected chi connectivity index (χ1v) is 6.79. The maximum absolute atomic E-state index is 12.2. The number of carbonyl (C=O) groups is 1. The molecule has 104 valence electrons. The second kappa shape index (κ2) is 5.47. The van der Waals surface area contributed by atoms with Crippen LogP contribution in [0.1, 0.15) is 11.1 Å². The number of rotatable bonds is 2. The summed E-state index contributed by atoms with van der Waals surface area (Å²) in [5, 5.41) is 12.1. The Hall–Kier alpha value is -2.51. The molecule has 1 aliphatic rings. The molecule has 0 unspecified atom stereocenters. The van der Waals surface area contributed by atoms with Crippen LogP contribution in [-0.4, -0.2) is 12.0 Å². The van der Waals surface area contributed by atoms with Crippen LogP contribution >= 0.6 is 11.6 Å². The molecule has 0 bridgehead atoms. The molecular weight excluding hydrogens is 288 g/mol. The first-order valence-electron chi connectivity index (χ1n) is 6.42. The van der Waals surface area contributed by atoms with Crippen LogP contribution < -0.4 is 10.1 Å². The summed E-state index contributed by atoms with van der Waals surface area (Å²) in [5.41, 5.74) is 2.12. The van der Waals surface area contributed by atoms with Gasteiger partial charge in [-0.3, -0.25) is 4.79 Å². The Labute approximate surface area is 126 Å². The molecule has 1 amide bonds. The average molecular weight is 299 g/mol. The number of carbonyl (C=O) groups excluding carboxylic acids is 1. The largest absolute Gasteiger partial charge is 0.480 e. The summed E-state index contributed by atoms with van der Waals surface area (Å²) >= 11 is 5.93. The normalized spacial score (nSPS) is 15.7. The minimum Gasteiger partial charge on any atom is -0.480 e. The van der Waals surface area contributed by atoms with Gasteiger partial charge in [0.1, 0.15) is 5.75 Å². The second-order valence-corrected chi connectivity index (χ2v) is 5.18. The number of nitrogens with zero attached hydrogens (tertiary/aromatic N) is 1. The molecule has 0 aromatic heterocycles. The molecule has 1 N–H and O–H groups in total. The van der Waals surface area contributed by atoms with Gasteiger partial charge < -0.3 is 10.1 Å². The van der Waals surface area contributed by atoms with Gasteiger partial charge >= 0.3 is 0 Å². The molecule has 0 saturated heterocycles. The van der Waals surface area contributed by atoms with Gasteiger partial charge in [-0.15, -0.1) is 0 Å². The van der Waals surface area contributed by atoms with Crippen molar-refractivity contribution in [1.29, 1.82) is 5.26 Å². The van der Waals surface area contributed by atoms with Crippen molar-refractivity contribution in [3.05, 3.63) is 58.6 Å². The summed E-state index contributed by atoms with van der Waals surface area (Å²) in [5.74, 6) is 0.478. The van der Waals surface area contributed by atoms with Crippen LogP contribution in [-0.2, 0) is 11.2 Å². The van der Waals surface area contributed by atoms with Crippen molar-refractivity contribution < 1.29 is 9.53 Å². The van der Waals surface area contributed by atoms with Gasteiger partial charge in [0.2, 0.25) is 0 Å². The van der Waals surface area contributed by atoms with Crippen LogP contribution in [0, 0.1) is 11.3 Å². The van der Waals surface area contributed by atoms with Crippen molar-refractivity contribution >= 4 is 23.2 Å². The van der Waals surface area contributed by atoms with E-state index in [0.717, 1.165) is 5.56 Å². The first kappa shape index (κ1) is 13.5. The Morgan fingerprint density at radius 2 is 2.05 bits per heavy atom. The quantitative estimate of drug-likeness (QED) is 0.926. The third-order valence-electron chi connectivity index (χ3n) is 3.27. The summed E-state index contributed by atoms with van der Waals surface area (Å²) in [6, 6.07) is 14.0. The molecule has 1 heterocycles.